The van der Waals surface area contributed by atoms with Crippen LogP contribution >= 0.6 is 0 Å². The molecule has 1 aliphatic rings. The molecule has 1 aromatic carbocycles. The Morgan fingerprint density at radius 1 is 1.13 bits per heavy atom. The number of hydrogen-bond donors (Lipinski definition) is 3. The van der Waals surface area contributed by atoms with Crippen LogP contribution in [0.5, 0.6) is 0 Å². The molecule has 1 saturated heterocycles. The average Bonchev–Trinajstić information content (AvgIpc) is 3.25. The van der Waals surface area contributed by atoms with E-state index in [-0.39, 0.29) is 5.91 Å². The number of benzene rings is 1. The molecule has 164 valence electrons. The first-order valence-corrected chi connectivity index (χ1v) is 9.19. The fourth-order valence-electron chi connectivity index (χ4n) is 2.87. The number of carboxylic acid groups (broad SMARTS) is 1. The van der Waals surface area contributed by atoms with Crippen LogP contribution in [0.25, 0.3) is 11.0 Å². The summed E-state index contributed by atoms with van der Waals surface area (Å²) in [5, 5.41) is 21.4. The molecule has 4 rings (SSSR count). The van der Waals surface area contributed by atoms with E-state index < -0.39 is 12.1 Å². The van der Waals surface area contributed by atoms with Crippen molar-refractivity contribution < 1.29 is 27.9 Å². The lowest BCUT2D eigenvalue weighted by atomic mass is 10.1. The van der Waals surface area contributed by atoms with Crippen LogP contribution in [0.4, 0.5) is 18.9 Å². The number of carboxylic acids is 1. The van der Waals surface area contributed by atoms with E-state index in [1.807, 2.05) is 6.07 Å². The van der Waals surface area contributed by atoms with E-state index in [4.69, 9.17) is 9.90 Å². The highest BCUT2D eigenvalue weighted by atomic mass is 19.4. The standard InChI is InChI=1S/C16H17N7O.C2HF3O2/c24-16(15-10-23(22-21-15)12-3-5-17-6-4-12)20-11-1-2-13-14(9-11)19-8-7-18-13;3-2(4,5)1(6)7/h1-2,7-10,12,17H,3-6H2,(H,20,24);(H,6,7). The quantitative estimate of drug-likeness (QED) is 0.567. The normalized spacial score (nSPS) is 14.5. The number of hydrogen-bond acceptors (Lipinski definition) is 7. The molecule has 0 atom stereocenters. The minimum absolute atomic E-state index is 0.279. The lowest BCUT2D eigenvalue weighted by molar-refractivity contribution is -0.192. The molecule has 0 radical (unpaired) electrons. The summed E-state index contributed by atoms with van der Waals surface area (Å²) in [6.07, 6.45) is 1.88. The second kappa shape index (κ2) is 9.47. The number of carbonyl (C=O) groups excluding carboxylic acids is 1. The minimum Gasteiger partial charge on any atom is -0.475 e. The van der Waals surface area contributed by atoms with Crippen molar-refractivity contribution in [1.29, 1.82) is 0 Å². The van der Waals surface area contributed by atoms with E-state index in [0.29, 0.717) is 17.4 Å². The molecule has 10 nitrogen and oxygen atoms in total. The maximum Gasteiger partial charge on any atom is 0.490 e. The number of alkyl halides is 3. The zero-order valence-electron chi connectivity index (χ0n) is 16.0. The summed E-state index contributed by atoms with van der Waals surface area (Å²) in [6, 6.07) is 5.71. The van der Waals surface area contributed by atoms with E-state index >= 15 is 0 Å². The predicted molar refractivity (Wildman–Crippen MR) is 102 cm³/mol. The van der Waals surface area contributed by atoms with Crippen LogP contribution in [0.15, 0.2) is 36.8 Å². The van der Waals surface area contributed by atoms with Crippen LogP contribution < -0.4 is 10.6 Å². The SMILES string of the molecule is O=C(Nc1ccc2nccnc2c1)c1cn(C2CCNCC2)nn1.O=C(O)C(F)(F)F. The maximum absolute atomic E-state index is 12.4. The van der Waals surface area contributed by atoms with Crippen molar-refractivity contribution in [3.05, 3.63) is 42.5 Å². The van der Waals surface area contributed by atoms with Gasteiger partial charge < -0.3 is 15.7 Å². The lowest BCUT2D eigenvalue weighted by Crippen LogP contribution is -2.29. The molecule has 0 saturated carbocycles. The number of fused-ring (bicyclic) bond motifs is 1. The third-order valence-electron chi connectivity index (χ3n) is 4.40. The Balaban J connectivity index is 0.000000339. The monoisotopic (exact) mass is 437 g/mol. The molecular weight excluding hydrogens is 419 g/mol. The molecule has 1 amide bonds. The van der Waals surface area contributed by atoms with Gasteiger partial charge in [0, 0.05) is 18.1 Å². The molecule has 3 N–H and O–H groups in total. The number of aliphatic carboxylic acids is 1. The molecule has 31 heavy (non-hydrogen) atoms. The van der Waals surface area contributed by atoms with Gasteiger partial charge in [-0.3, -0.25) is 14.8 Å². The van der Waals surface area contributed by atoms with Gasteiger partial charge in [-0.15, -0.1) is 5.10 Å². The van der Waals surface area contributed by atoms with Gasteiger partial charge in [-0.05, 0) is 44.1 Å². The first-order chi connectivity index (χ1) is 14.7. The number of amides is 1. The van der Waals surface area contributed by atoms with Gasteiger partial charge in [0.05, 0.1) is 23.3 Å². The summed E-state index contributed by atoms with van der Waals surface area (Å²) < 4.78 is 33.5. The second-order valence-corrected chi connectivity index (χ2v) is 6.58. The van der Waals surface area contributed by atoms with Gasteiger partial charge in [0.25, 0.3) is 5.91 Å². The van der Waals surface area contributed by atoms with Crippen molar-refractivity contribution in [3.63, 3.8) is 0 Å². The van der Waals surface area contributed by atoms with Crippen LogP contribution in [0.1, 0.15) is 29.4 Å². The van der Waals surface area contributed by atoms with Gasteiger partial charge >= 0.3 is 12.1 Å². The van der Waals surface area contributed by atoms with Gasteiger partial charge in [0.2, 0.25) is 0 Å². The Bertz CT molecular complexity index is 1060. The van der Waals surface area contributed by atoms with Gasteiger partial charge in [-0.25, -0.2) is 9.48 Å². The van der Waals surface area contributed by atoms with Crippen molar-refractivity contribution in [2.24, 2.45) is 0 Å². The average molecular weight is 437 g/mol. The Morgan fingerprint density at radius 2 is 1.77 bits per heavy atom. The number of halogens is 3. The summed E-state index contributed by atoms with van der Waals surface area (Å²) in [7, 11) is 0. The molecule has 1 fully saturated rings. The molecule has 0 unspecified atom stereocenters. The van der Waals surface area contributed by atoms with Crippen LogP contribution in [0.3, 0.4) is 0 Å². The molecule has 13 heteroatoms. The summed E-state index contributed by atoms with van der Waals surface area (Å²) in [6.45, 7) is 1.92. The second-order valence-electron chi connectivity index (χ2n) is 6.58. The molecule has 3 aromatic rings. The Labute approximate surface area is 173 Å². The van der Waals surface area contributed by atoms with Crippen molar-refractivity contribution in [1.82, 2.24) is 30.3 Å². The van der Waals surface area contributed by atoms with Crippen LogP contribution in [0.2, 0.25) is 0 Å². The Hall–Kier alpha value is -3.61. The molecule has 0 bridgehead atoms. The smallest absolute Gasteiger partial charge is 0.475 e. The fraction of sp³-hybridized carbons (Fsp3) is 0.333. The van der Waals surface area contributed by atoms with Gasteiger partial charge in [0.15, 0.2) is 5.69 Å². The number of rotatable bonds is 3. The van der Waals surface area contributed by atoms with E-state index in [2.05, 4.69) is 30.9 Å². The van der Waals surface area contributed by atoms with E-state index in [1.165, 1.54) is 0 Å². The topological polar surface area (TPSA) is 135 Å². The highest BCUT2D eigenvalue weighted by Crippen LogP contribution is 2.18. The molecule has 2 aromatic heterocycles. The van der Waals surface area contributed by atoms with Crippen LogP contribution in [0, 0.1) is 0 Å². The van der Waals surface area contributed by atoms with Crippen molar-refractivity contribution in [2.45, 2.75) is 25.1 Å². The number of carbonyl (C=O) groups is 2. The number of anilines is 1. The highest BCUT2D eigenvalue weighted by Gasteiger charge is 2.38. The highest BCUT2D eigenvalue weighted by molar-refractivity contribution is 6.03. The Kier molecular flexibility index (Phi) is 6.74. The van der Waals surface area contributed by atoms with Gasteiger partial charge in [-0.1, -0.05) is 5.21 Å². The van der Waals surface area contributed by atoms with Crippen molar-refractivity contribution in [3.8, 4) is 0 Å². The van der Waals surface area contributed by atoms with E-state index in [0.717, 1.165) is 37.0 Å². The zero-order valence-corrected chi connectivity index (χ0v) is 16.0. The summed E-state index contributed by atoms with van der Waals surface area (Å²) in [4.78, 5) is 29.7. The number of aromatic nitrogens is 5. The first kappa shape index (κ1) is 22.1. The van der Waals surface area contributed by atoms with Crippen molar-refractivity contribution >= 4 is 28.6 Å². The lowest BCUT2D eigenvalue weighted by Gasteiger charge is -2.22. The maximum atomic E-state index is 12.4. The van der Waals surface area contributed by atoms with Crippen LogP contribution in [-0.2, 0) is 4.79 Å². The summed E-state index contributed by atoms with van der Waals surface area (Å²) >= 11 is 0. The molecule has 1 aliphatic heterocycles. The first-order valence-electron chi connectivity index (χ1n) is 9.19. The third-order valence-corrected chi connectivity index (χ3v) is 4.40. The van der Waals surface area contributed by atoms with E-state index in [9.17, 15) is 18.0 Å². The third kappa shape index (κ3) is 5.94. The predicted octanol–water partition coefficient (Wildman–Crippen LogP) is 2.03. The molecule has 0 aliphatic carbocycles. The fourth-order valence-corrected chi connectivity index (χ4v) is 2.87. The molecular formula is C18H18F3N7O3. The summed E-state index contributed by atoms with van der Waals surface area (Å²) in [5.74, 6) is -3.04. The minimum atomic E-state index is -5.08. The Morgan fingerprint density at radius 3 is 2.42 bits per heavy atom. The molecule has 3 heterocycles. The van der Waals surface area contributed by atoms with Crippen LogP contribution in [-0.4, -0.2) is 61.2 Å². The van der Waals surface area contributed by atoms with Gasteiger partial charge in [-0.2, -0.15) is 13.2 Å². The number of nitrogens with one attached hydrogen (secondary N) is 2. The number of piperidine rings is 1. The van der Waals surface area contributed by atoms with Gasteiger partial charge in [0.1, 0.15) is 0 Å². The molecule has 0 spiro atoms. The summed E-state index contributed by atoms with van der Waals surface area (Å²) in [5.41, 5.74) is 2.48. The number of nitrogens with zero attached hydrogens (tertiary/aromatic N) is 5. The zero-order chi connectivity index (χ0) is 22.4. The largest absolute Gasteiger partial charge is 0.490 e. The van der Waals surface area contributed by atoms with Crippen molar-refractivity contribution in [2.75, 3.05) is 18.4 Å². The van der Waals surface area contributed by atoms with E-state index in [1.54, 1.807) is 35.4 Å².